The monoisotopic (exact) mass is 320 g/mol. The Bertz CT molecular complexity index is 516. The first-order valence-electron chi connectivity index (χ1n) is 8.64. The molecule has 5 heteroatoms. The molecular formula is C17H28N4S. The maximum Gasteiger partial charge on any atom is 0.194 e. The van der Waals surface area contributed by atoms with Crippen molar-refractivity contribution in [3.05, 3.63) is 16.1 Å². The number of hydrogen-bond donors (Lipinski definition) is 1. The molecule has 2 fully saturated rings. The fraction of sp³-hybridized carbons (Fsp3) is 0.765. The van der Waals surface area contributed by atoms with E-state index in [9.17, 15) is 0 Å². The van der Waals surface area contributed by atoms with Gasteiger partial charge in [0.25, 0.3) is 0 Å². The zero-order valence-corrected chi connectivity index (χ0v) is 14.7. The molecular weight excluding hydrogens is 292 g/mol. The minimum atomic E-state index is 0.576. The molecule has 1 saturated carbocycles. The first-order valence-corrected chi connectivity index (χ1v) is 9.45. The lowest BCUT2D eigenvalue weighted by atomic mass is 9.73. The SMILES string of the molecule is CCc1cnc(CNC(=NC)N2CCC3(CCCCC3)C2)s1. The van der Waals surface area contributed by atoms with Crippen LogP contribution in [0, 0.1) is 5.41 Å². The summed E-state index contributed by atoms with van der Waals surface area (Å²) >= 11 is 1.80. The Morgan fingerprint density at radius 1 is 1.36 bits per heavy atom. The molecule has 3 rings (SSSR count). The molecule has 122 valence electrons. The molecule has 1 N–H and O–H groups in total. The summed E-state index contributed by atoms with van der Waals surface area (Å²) in [6.07, 6.45) is 11.5. The molecule has 4 nitrogen and oxygen atoms in total. The molecule has 1 aromatic heterocycles. The Hall–Kier alpha value is -1.10. The van der Waals surface area contributed by atoms with Gasteiger partial charge in [0.15, 0.2) is 5.96 Å². The van der Waals surface area contributed by atoms with Crippen LogP contribution in [0.5, 0.6) is 0 Å². The van der Waals surface area contributed by atoms with E-state index in [4.69, 9.17) is 0 Å². The van der Waals surface area contributed by atoms with Gasteiger partial charge in [-0.05, 0) is 31.1 Å². The van der Waals surface area contributed by atoms with Gasteiger partial charge in [-0.1, -0.05) is 26.2 Å². The normalized spacial score (nSPS) is 21.5. The Morgan fingerprint density at radius 2 is 2.18 bits per heavy atom. The number of hydrogen-bond acceptors (Lipinski definition) is 3. The van der Waals surface area contributed by atoms with Crippen molar-refractivity contribution in [3.63, 3.8) is 0 Å². The zero-order valence-electron chi connectivity index (χ0n) is 13.9. The number of thiazole rings is 1. The van der Waals surface area contributed by atoms with Crippen molar-refractivity contribution in [2.75, 3.05) is 20.1 Å². The summed E-state index contributed by atoms with van der Waals surface area (Å²) in [6.45, 7) is 5.31. The lowest BCUT2D eigenvalue weighted by molar-refractivity contribution is 0.203. The maximum absolute atomic E-state index is 4.50. The lowest BCUT2D eigenvalue weighted by Crippen LogP contribution is -2.41. The number of nitrogens with zero attached hydrogens (tertiary/aromatic N) is 3. The average Bonchev–Trinajstić information content (AvgIpc) is 3.17. The van der Waals surface area contributed by atoms with Crippen LogP contribution in [0.1, 0.15) is 55.3 Å². The van der Waals surface area contributed by atoms with Crippen LogP contribution in [0.4, 0.5) is 0 Å². The second-order valence-electron chi connectivity index (χ2n) is 6.71. The zero-order chi connectivity index (χ0) is 15.4. The van der Waals surface area contributed by atoms with E-state index in [0.29, 0.717) is 5.41 Å². The molecule has 2 heterocycles. The Balaban J connectivity index is 1.56. The number of rotatable bonds is 3. The minimum Gasteiger partial charge on any atom is -0.350 e. The second kappa shape index (κ2) is 6.99. The summed E-state index contributed by atoms with van der Waals surface area (Å²) < 4.78 is 0. The van der Waals surface area contributed by atoms with Gasteiger partial charge in [-0.15, -0.1) is 11.3 Å². The molecule has 0 radical (unpaired) electrons. The van der Waals surface area contributed by atoms with Crippen molar-refractivity contribution in [2.24, 2.45) is 10.4 Å². The Morgan fingerprint density at radius 3 is 2.86 bits per heavy atom. The highest BCUT2D eigenvalue weighted by atomic mass is 32.1. The summed E-state index contributed by atoms with van der Waals surface area (Å²) in [5.41, 5.74) is 0.576. The molecule has 2 aliphatic rings. The van der Waals surface area contributed by atoms with Gasteiger partial charge in [-0.2, -0.15) is 0 Å². The van der Waals surface area contributed by atoms with Crippen molar-refractivity contribution < 1.29 is 0 Å². The average molecular weight is 321 g/mol. The molecule has 1 aromatic rings. The standard InChI is InChI=1S/C17H28N4S/c1-3-14-11-19-15(22-14)12-20-16(18-2)21-10-9-17(13-21)7-5-4-6-8-17/h11H,3-10,12-13H2,1-2H3,(H,18,20). The van der Waals surface area contributed by atoms with Crippen LogP contribution in [0.3, 0.4) is 0 Å². The van der Waals surface area contributed by atoms with Crippen LogP contribution >= 0.6 is 11.3 Å². The Kier molecular flexibility index (Phi) is 5.01. The van der Waals surface area contributed by atoms with Crippen LogP contribution in [-0.4, -0.2) is 36.0 Å². The van der Waals surface area contributed by atoms with Gasteiger partial charge >= 0.3 is 0 Å². The van der Waals surface area contributed by atoms with E-state index in [1.807, 2.05) is 13.2 Å². The van der Waals surface area contributed by atoms with Gasteiger partial charge in [0.2, 0.25) is 0 Å². The van der Waals surface area contributed by atoms with E-state index in [-0.39, 0.29) is 0 Å². The first kappa shape index (κ1) is 15.8. The van der Waals surface area contributed by atoms with Gasteiger partial charge in [0.05, 0.1) is 6.54 Å². The highest BCUT2D eigenvalue weighted by Crippen LogP contribution is 2.43. The number of likely N-dealkylation sites (tertiary alicyclic amines) is 1. The number of aryl methyl sites for hydroxylation is 1. The number of guanidine groups is 1. The van der Waals surface area contributed by atoms with E-state index < -0.39 is 0 Å². The van der Waals surface area contributed by atoms with E-state index in [1.165, 1.54) is 49.9 Å². The van der Waals surface area contributed by atoms with Crippen LogP contribution in [-0.2, 0) is 13.0 Å². The molecule has 22 heavy (non-hydrogen) atoms. The van der Waals surface area contributed by atoms with Crippen molar-refractivity contribution in [1.29, 1.82) is 0 Å². The summed E-state index contributed by atoms with van der Waals surface area (Å²) in [5, 5.41) is 4.67. The van der Waals surface area contributed by atoms with Crippen LogP contribution in [0.15, 0.2) is 11.2 Å². The predicted molar refractivity (Wildman–Crippen MR) is 93.4 cm³/mol. The summed E-state index contributed by atoms with van der Waals surface area (Å²) in [6, 6.07) is 0. The largest absolute Gasteiger partial charge is 0.350 e. The Labute approximate surface area is 138 Å². The van der Waals surface area contributed by atoms with E-state index in [1.54, 1.807) is 11.3 Å². The first-order chi connectivity index (χ1) is 10.7. The van der Waals surface area contributed by atoms with Gasteiger partial charge in [-0.3, -0.25) is 4.99 Å². The number of aliphatic imine (C=N–C) groups is 1. The predicted octanol–water partition coefficient (Wildman–Crippen LogP) is 3.44. The topological polar surface area (TPSA) is 40.5 Å². The molecule has 0 amide bonds. The van der Waals surface area contributed by atoms with E-state index in [0.717, 1.165) is 30.5 Å². The molecule has 0 unspecified atom stereocenters. The molecule has 1 spiro atoms. The fourth-order valence-corrected chi connectivity index (χ4v) is 4.71. The third-order valence-corrected chi connectivity index (χ3v) is 6.35. The molecule has 0 aromatic carbocycles. The lowest BCUT2D eigenvalue weighted by Gasteiger charge is -2.33. The summed E-state index contributed by atoms with van der Waals surface area (Å²) in [4.78, 5) is 12.8. The van der Waals surface area contributed by atoms with Crippen molar-refractivity contribution in [2.45, 2.75) is 58.4 Å². The maximum atomic E-state index is 4.50. The van der Waals surface area contributed by atoms with Crippen LogP contribution < -0.4 is 5.32 Å². The van der Waals surface area contributed by atoms with E-state index in [2.05, 4.69) is 27.1 Å². The smallest absolute Gasteiger partial charge is 0.194 e. The third-order valence-electron chi connectivity index (χ3n) is 5.21. The number of nitrogens with one attached hydrogen (secondary N) is 1. The molecule has 0 atom stereocenters. The molecule has 1 aliphatic carbocycles. The van der Waals surface area contributed by atoms with Crippen molar-refractivity contribution in [1.82, 2.24) is 15.2 Å². The fourth-order valence-electron chi connectivity index (χ4n) is 3.91. The third kappa shape index (κ3) is 3.45. The van der Waals surface area contributed by atoms with Gasteiger partial charge < -0.3 is 10.2 Å². The van der Waals surface area contributed by atoms with Gasteiger partial charge in [-0.25, -0.2) is 4.98 Å². The van der Waals surface area contributed by atoms with Crippen molar-refractivity contribution >= 4 is 17.3 Å². The van der Waals surface area contributed by atoms with Crippen molar-refractivity contribution in [3.8, 4) is 0 Å². The second-order valence-corrected chi connectivity index (χ2v) is 7.91. The quantitative estimate of drug-likeness (QED) is 0.685. The molecule has 1 aliphatic heterocycles. The number of aromatic nitrogens is 1. The van der Waals surface area contributed by atoms with Gasteiger partial charge in [0.1, 0.15) is 5.01 Å². The van der Waals surface area contributed by atoms with E-state index >= 15 is 0 Å². The molecule has 0 bridgehead atoms. The minimum absolute atomic E-state index is 0.576. The summed E-state index contributed by atoms with van der Waals surface area (Å²) in [5.74, 6) is 1.05. The van der Waals surface area contributed by atoms with Crippen LogP contribution in [0.2, 0.25) is 0 Å². The van der Waals surface area contributed by atoms with Crippen LogP contribution in [0.25, 0.3) is 0 Å². The highest BCUT2D eigenvalue weighted by Gasteiger charge is 2.39. The summed E-state index contributed by atoms with van der Waals surface area (Å²) in [7, 11) is 1.90. The van der Waals surface area contributed by atoms with Gasteiger partial charge in [0, 0.05) is 31.2 Å². The highest BCUT2D eigenvalue weighted by molar-refractivity contribution is 7.11. The molecule has 1 saturated heterocycles.